The van der Waals surface area contributed by atoms with E-state index in [1.807, 2.05) is 14.0 Å². The van der Waals surface area contributed by atoms with E-state index in [-0.39, 0.29) is 18.3 Å². The van der Waals surface area contributed by atoms with Gasteiger partial charge in [-0.1, -0.05) is 13.3 Å². The van der Waals surface area contributed by atoms with Gasteiger partial charge >= 0.3 is 0 Å². The van der Waals surface area contributed by atoms with Crippen LogP contribution < -0.4 is 5.73 Å². The highest BCUT2D eigenvalue weighted by Crippen LogP contribution is 2.18. The highest BCUT2D eigenvalue weighted by molar-refractivity contribution is 7.86. The number of hydrogen-bond donors (Lipinski definition) is 1. The molecule has 2 N–H and O–H groups in total. The van der Waals surface area contributed by atoms with Crippen LogP contribution in [0.5, 0.6) is 0 Å². The molecule has 1 unspecified atom stereocenters. The number of piperazine rings is 2. The van der Waals surface area contributed by atoms with Crippen LogP contribution in [-0.2, 0) is 15.0 Å². The average Bonchev–Trinajstić information content (AvgIpc) is 2.54. The fourth-order valence-electron chi connectivity index (χ4n) is 3.29. The summed E-state index contributed by atoms with van der Waals surface area (Å²) in [7, 11) is -1.44. The van der Waals surface area contributed by atoms with Gasteiger partial charge in [-0.3, -0.25) is 4.79 Å². The third kappa shape index (κ3) is 5.27. The van der Waals surface area contributed by atoms with Crippen LogP contribution in [-0.4, -0.2) is 97.7 Å². The molecule has 2 aliphatic rings. The van der Waals surface area contributed by atoms with Crippen molar-refractivity contribution in [1.82, 2.24) is 18.4 Å². The summed E-state index contributed by atoms with van der Waals surface area (Å²) in [5.74, 6) is -0.0824. The van der Waals surface area contributed by atoms with E-state index in [1.165, 1.54) is 4.31 Å². The maximum atomic E-state index is 12.7. The summed E-state index contributed by atoms with van der Waals surface area (Å²) in [6.07, 6.45) is 1.47. The zero-order chi connectivity index (χ0) is 18.0. The molecule has 0 radical (unpaired) electrons. The molecule has 1 amide bonds. The molecular formula is C15H32ClN5O3S. The summed E-state index contributed by atoms with van der Waals surface area (Å²) in [6.45, 7) is 7.78. The molecule has 0 saturated carbocycles. The second-order valence-electron chi connectivity index (χ2n) is 7.07. The molecule has 10 heteroatoms. The van der Waals surface area contributed by atoms with Crippen molar-refractivity contribution < 1.29 is 13.2 Å². The summed E-state index contributed by atoms with van der Waals surface area (Å²) in [6, 6.07) is 0. The van der Waals surface area contributed by atoms with Crippen LogP contribution in [0.25, 0.3) is 0 Å². The fraction of sp³-hybridized carbons (Fsp3) is 0.933. The van der Waals surface area contributed by atoms with Crippen molar-refractivity contribution >= 4 is 28.5 Å². The number of carbonyl (C=O) groups is 1. The monoisotopic (exact) mass is 397 g/mol. The first-order valence-corrected chi connectivity index (χ1v) is 10.1. The molecular weight excluding hydrogens is 366 g/mol. The molecule has 2 rings (SSSR count). The van der Waals surface area contributed by atoms with Gasteiger partial charge in [-0.15, -0.1) is 12.4 Å². The molecule has 0 spiro atoms. The van der Waals surface area contributed by atoms with E-state index in [4.69, 9.17) is 5.73 Å². The van der Waals surface area contributed by atoms with Gasteiger partial charge in [0.15, 0.2) is 0 Å². The van der Waals surface area contributed by atoms with E-state index in [0.29, 0.717) is 45.7 Å². The largest absolute Gasteiger partial charge is 0.338 e. The standard InChI is InChI=1S/C15H31N5O3S.ClH/c1-4-5-15(2,16)14(21)18-8-12-20(13-9-18)24(22,23)19-10-6-17(3)7-11-19;/h4-13,16H2,1-3H3;1H. The first-order valence-electron chi connectivity index (χ1n) is 8.70. The van der Waals surface area contributed by atoms with Crippen molar-refractivity contribution in [3.63, 3.8) is 0 Å². The second kappa shape index (κ2) is 8.96. The summed E-state index contributed by atoms with van der Waals surface area (Å²) in [5.41, 5.74) is 5.25. The predicted molar refractivity (Wildman–Crippen MR) is 101 cm³/mol. The second-order valence-corrected chi connectivity index (χ2v) is 9.00. The van der Waals surface area contributed by atoms with E-state index in [0.717, 1.165) is 19.5 Å². The summed E-state index contributed by atoms with van der Waals surface area (Å²) < 4.78 is 28.5. The summed E-state index contributed by atoms with van der Waals surface area (Å²) >= 11 is 0. The summed E-state index contributed by atoms with van der Waals surface area (Å²) in [5, 5.41) is 0. The zero-order valence-electron chi connectivity index (χ0n) is 15.5. The number of rotatable bonds is 5. The molecule has 25 heavy (non-hydrogen) atoms. The Morgan fingerprint density at radius 2 is 1.44 bits per heavy atom. The van der Waals surface area contributed by atoms with Gasteiger partial charge in [0.2, 0.25) is 5.91 Å². The lowest BCUT2D eigenvalue weighted by Crippen LogP contribution is -2.60. The third-order valence-corrected chi connectivity index (χ3v) is 6.93. The van der Waals surface area contributed by atoms with Gasteiger partial charge in [0.1, 0.15) is 0 Å². The minimum Gasteiger partial charge on any atom is -0.338 e. The maximum Gasteiger partial charge on any atom is 0.282 e. The van der Waals surface area contributed by atoms with Gasteiger partial charge in [-0.05, 0) is 20.4 Å². The van der Waals surface area contributed by atoms with E-state index in [9.17, 15) is 13.2 Å². The molecule has 2 saturated heterocycles. The minimum atomic E-state index is -3.43. The van der Waals surface area contributed by atoms with Crippen molar-refractivity contribution in [2.24, 2.45) is 5.73 Å². The molecule has 2 aliphatic heterocycles. The lowest BCUT2D eigenvalue weighted by Gasteiger charge is -2.40. The predicted octanol–water partition coefficient (Wildman–Crippen LogP) is -0.438. The van der Waals surface area contributed by atoms with Gasteiger partial charge in [-0.25, -0.2) is 0 Å². The minimum absolute atomic E-state index is 0. The Bertz CT molecular complexity index is 541. The Labute approximate surface area is 157 Å². The van der Waals surface area contributed by atoms with E-state index >= 15 is 0 Å². The number of carbonyl (C=O) groups excluding carboxylic acids is 1. The zero-order valence-corrected chi connectivity index (χ0v) is 17.1. The number of nitrogens with two attached hydrogens (primary N) is 1. The Kier molecular flexibility index (Phi) is 8.10. The van der Waals surface area contributed by atoms with Crippen molar-refractivity contribution in [3.05, 3.63) is 0 Å². The lowest BCUT2D eigenvalue weighted by atomic mass is 9.95. The van der Waals surface area contributed by atoms with Crippen LogP contribution in [0.15, 0.2) is 0 Å². The van der Waals surface area contributed by atoms with Crippen LogP contribution in [0.2, 0.25) is 0 Å². The van der Waals surface area contributed by atoms with Crippen molar-refractivity contribution in [1.29, 1.82) is 0 Å². The third-order valence-electron chi connectivity index (χ3n) is 4.90. The van der Waals surface area contributed by atoms with Crippen LogP contribution >= 0.6 is 12.4 Å². The Morgan fingerprint density at radius 3 is 1.88 bits per heavy atom. The highest BCUT2D eigenvalue weighted by atomic mass is 35.5. The smallest absolute Gasteiger partial charge is 0.282 e. The van der Waals surface area contributed by atoms with Gasteiger partial charge in [0.25, 0.3) is 10.2 Å². The number of amides is 1. The molecule has 2 heterocycles. The van der Waals surface area contributed by atoms with Crippen LogP contribution in [0, 0.1) is 0 Å². The Hall–Kier alpha value is -0.450. The van der Waals surface area contributed by atoms with Crippen LogP contribution in [0.4, 0.5) is 0 Å². The van der Waals surface area contributed by atoms with Crippen molar-refractivity contribution in [2.45, 2.75) is 32.2 Å². The van der Waals surface area contributed by atoms with Gasteiger partial charge in [0.05, 0.1) is 5.54 Å². The fourth-order valence-corrected chi connectivity index (χ4v) is 4.87. The summed E-state index contributed by atoms with van der Waals surface area (Å²) in [4.78, 5) is 16.3. The SMILES string of the molecule is CCCC(C)(N)C(=O)N1CCN(S(=O)(=O)N2CCN(C)CC2)CC1.Cl. The molecule has 8 nitrogen and oxygen atoms in total. The number of nitrogens with zero attached hydrogens (tertiary/aromatic N) is 4. The van der Waals surface area contributed by atoms with Crippen LogP contribution in [0.1, 0.15) is 26.7 Å². The normalized spacial score (nSPS) is 23.8. The van der Waals surface area contributed by atoms with E-state index in [2.05, 4.69) is 4.90 Å². The molecule has 2 fully saturated rings. The molecule has 0 aliphatic carbocycles. The van der Waals surface area contributed by atoms with Crippen molar-refractivity contribution in [3.8, 4) is 0 Å². The van der Waals surface area contributed by atoms with Crippen LogP contribution in [0.3, 0.4) is 0 Å². The molecule has 0 bridgehead atoms. The molecule has 0 aromatic rings. The highest BCUT2D eigenvalue weighted by Gasteiger charge is 2.37. The average molecular weight is 398 g/mol. The van der Waals surface area contributed by atoms with Gasteiger partial charge in [-0.2, -0.15) is 17.0 Å². The van der Waals surface area contributed by atoms with Gasteiger partial charge in [0, 0.05) is 52.4 Å². The number of halogens is 1. The van der Waals surface area contributed by atoms with E-state index < -0.39 is 15.7 Å². The van der Waals surface area contributed by atoms with Gasteiger partial charge < -0.3 is 15.5 Å². The topological polar surface area (TPSA) is 90.2 Å². The quantitative estimate of drug-likeness (QED) is 0.679. The van der Waals surface area contributed by atoms with Crippen molar-refractivity contribution in [2.75, 3.05) is 59.4 Å². The van der Waals surface area contributed by atoms with E-state index in [1.54, 1.807) is 16.1 Å². The molecule has 1 atom stereocenters. The number of hydrogen-bond acceptors (Lipinski definition) is 5. The first kappa shape index (κ1) is 22.6. The molecule has 148 valence electrons. The molecule has 0 aromatic heterocycles. The Balaban J connectivity index is 0.00000312. The first-order chi connectivity index (χ1) is 11.2. The number of likely N-dealkylation sites (N-methyl/N-ethyl adjacent to an activating group) is 1. The molecule has 0 aromatic carbocycles. The maximum absolute atomic E-state index is 12.7. The Morgan fingerprint density at radius 1 is 1.00 bits per heavy atom. The lowest BCUT2D eigenvalue weighted by molar-refractivity contribution is -0.137.